The Morgan fingerprint density at radius 1 is 0.314 bits per heavy atom. The molecule has 0 N–H and O–H groups in total. The van der Waals surface area contributed by atoms with Crippen LogP contribution in [0.3, 0.4) is 0 Å². The fourth-order valence-corrected chi connectivity index (χ4v) is 59.2. The molecule has 0 heterocycles. The molecule has 0 saturated carbocycles. The van der Waals surface area contributed by atoms with Crippen molar-refractivity contribution in [2.45, 2.75) is 136 Å². The van der Waals surface area contributed by atoms with Crippen LogP contribution in [0.15, 0.2) is 0 Å². The Labute approximate surface area is 280 Å². The Kier molecular flexibility index (Phi) is 14.0. The van der Waals surface area contributed by atoms with Crippen molar-refractivity contribution in [2.75, 3.05) is 0 Å². The standard InChI is InChI=1S/C22H24F26Si2Te/c1-49(2,9-5-7-11(23,24)13(27,28)15(31,32)17(35,36)19(39,40)21(43,44)45)51-50(3,4)10-6-8-12(25,26)14(29,30)16(33,34)18(37,38)20(41,42)22(46,47)48/h5-10H2,1-4H3. The normalized spacial score (nSPS) is 16.6. The summed E-state index contributed by atoms with van der Waals surface area (Å²) in [6.45, 7) is 5.00. The molecular formula is C22H24F26Si2Te. The Bertz CT molecular complexity index is 1090. The Hall–Kier alpha value is -0.597. The van der Waals surface area contributed by atoms with Gasteiger partial charge in [-0.3, -0.25) is 0 Å². The average molecular weight is 966 g/mol. The fourth-order valence-electron chi connectivity index (χ4n) is 4.24. The molecule has 0 radical (unpaired) electrons. The molecule has 0 unspecified atom stereocenters. The third-order valence-electron chi connectivity index (χ3n) is 7.09. The molecule has 0 aliphatic heterocycles. The molecule has 0 aromatic heterocycles. The van der Waals surface area contributed by atoms with Gasteiger partial charge in [0, 0.05) is 0 Å². The molecule has 0 aliphatic carbocycles. The number of hydrogen-bond acceptors (Lipinski definition) is 0. The van der Waals surface area contributed by atoms with Crippen LogP contribution in [0.1, 0.15) is 25.7 Å². The molecule has 0 atom stereocenters. The summed E-state index contributed by atoms with van der Waals surface area (Å²) in [5.74, 6) is -75.8. The monoisotopic (exact) mass is 968 g/mol. The van der Waals surface area contributed by atoms with Gasteiger partial charge in [0.05, 0.1) is 0 Å². The van der Waals surface area contributed by atoms with Crippen molar-refractivity contribution < 1.29 is 114 Å². The van der Waals surface area contributed by atoms with Gasteiger partial charge in [-0.05, 0) is 0 Å². The van der Waals surface area contributed by atoms with Gasteiger partial charge in [-0.15, -0.1) is 0 Å². The Morgan fingerprint density at radius 3 is 0.706 bits per heavy atom. The van der Waals surface area contributed by atoms with Crippen LogP contribution < -0.4 is 0 Å². The van der Waals surface area contributed by atoms with Gasteiger partial charge in [-0.1, -0.05) is 0 Å². The summed E-state index contributed by atoms with van der Waals surface area (Å²) in [4.78, 5) is 0. The minimum absolute atomic E-state index is 0.652. The molecule has 0 nitrogen and oxygen atoms in total. The molecule has 0 bridgehead atoms. The van der Waals surface area contributed by atoms with E-state index >= 15 is 0 Å². The molecule has 0 rings (SSSR count). The molecule has 0 saturated heterocycles. The zero-order valence-corrected chi connectivity index (χ0v) is 29.8. The first kappa shape index (κ1) is 50.4. The van der Waals surface area contributed by atoms with E-state index in [1.54, 1.807) is 0 Å². The summed E-state index contributed by atoms with van der Waals surface area (Å²) >= 11 is -1.77. The second kappa shape index (κ2) is 14.2. The van der Waals surface area contributed by atoms with Crippen molar-refractivity contribution in [3.63, 3.8) is 0 Å². The molecule has 308 valence electrons. The van der Waals surface area contributed by atoms with Crippen molar-refractivity contribution in [3.8, 4) is 0 Å². The van der Waals surface area contributed by atoms with E-state index in [0.29, 0.717) is 0 Å². The van der Waals surface area contributed by atoms with Crippen molar-refractivity contribution in [3.05, 3.63) is 0 Å². The second-order valence-electron chi connectivity index (χ2n) is 12.3. The predicted molar refractivity (Wildman–Crippen MR) is 130 cm³/mol. The van der Waals surface area contributed by atoms with Gasteiger partial charge in [0.15, 0.2) is 0 Å². The molecule has 0 amide bonds. The molecule has 51 heavy (non-hydrogen) atoms. The summed E-state index contributed by atoms with van der Waals surface area (Å²) in [6, 6.07) is -1.30. The van der Waals surface area contributed by atoms with Crippen molar-refractivity contribution in [2.24, 2.45) is 0 Å². The summed E-state index contributed by atoms with van der Waals surface area (Å²) in [5.41, 5.74) is -6.19. The SMILES string of the molecule is C[Si](C)(CCCC(F)(F)C(F)(F)C(F)(F)C(F)(F)C(F)(F)C(F)(F)F)[Te][Si](C)(C)CCCC(F)(F)C(F)(F)C(F)(F)C(F)(F)C(F)(F)C(F)(F)F. The summed E-state index contributed by atoms with van der Waals surface area (Å²) in [5, 5.41) is 0. The third-order valence-corrected chi connectivity index (χ3v) is 46.5. The van der Waals surface area contributed by atoms with E-state index in [2.05, 4.69) is 0 Å². The third kappa shape index (κ3) is 8.94. The first-order chi connectivity index (χ1) is 21.6. The number of rotatable bonds is 18. The molecule has 0 spiro atoms. The van der Waals surface area contributed by atoms with E-state index in [1.165, 1.54) is 26.2 Å². The molecule has 0 fully saturated rings. The van der Waals surface area contributed by atoms with Gasteiger partial charge in [-0.2, -0.15) is 0 Å². The number of halogens is 26. The van der Waals surface area contributed by atoms with Gasteiger partial charge in [-0.25, -0.2) is 0 Å². The van der Waals surface area contributed by atoms with Gasteiger partial charge < -0.3 is 0 Å². The van der Waals surface area contributed by atoms with Gasteiger partial charge in [0.2, 0.25) is 0 Å². The van der Waals surface area contributed by atoms with E-state index in [4.69, 9.17) is 0 Å². The van der Waals surface area contributed by atoms with Crippen LogP contribution in [0.4, 0.5) is 114 Å². The van der Waals surface area contributed by atoms with Gasteiger partial charge >= 0.3 is 280 Å². The van der Waals surface area contributed by atoms with E-state index in [9.17, 15) is 114 Å². The molecular weight excluding hydrogens is 942 g/mol. The van der Waals surface area contributed by atoms with Crippen LogP contribution >= 0.6 is 0 Å². The maximum atomic E-state index is 14.1. The van der Waals surface area contributed by atoms with E-state index < -0.39 is 140 Å². The van der Waals surface area contributed by atoms with Crippen LogP contribution in [-0.4, -0.2) is 102 Å². The van der Waals surface area contributed by atoms with Crippen LogP contribution in [0.2, 0.25) is 38.3 Å². The van der Waals surface area contributed by atoms with Crippen molar-refractivity contribution in [1.29, 1.82) is 0 Å². The van der Waals surface area contributed by atoms with Crippen molar-refractivity contribution in [1.82, 2.24) is 0 Å². The molecule has 0 aliphatic rings. The maximum absolute atomic E-state index is 14.1. The number of alkyl halides is 26. The van der Waals surface area contributed by atoms with Crippen LogP contribution in [-0.2, 0) is 0 Å². The topological polar surface area (TPSA) is 0 Å². The minimum atomic E-state index is -8.10. The first-order valence-corrected chi connectivity index (χ1v) is 26.5. The summed E-state index contributed by atoms with van der Waals surface area (Å²) < 4.78 is 345. The zero-order chi connectivity index (χ0) is 41.9. The second-order valence-corrected chi connectivity index (χ2v) is 45.4. The van der Waals surface area contributed by atoms with E-state index in [1.807, 2.05) is 0 Å². The van der Waals surface area contributed by atoms with Crippen molar-refractivity contribution >= 4 is 30.6 Å². The molecule has 29 heteroatoms. The Morgan fingerprint density at radius 2 is 0.510 bits per heavy atom. The Balaban J connectivity index is 5.79. The van der Waals surface area contributed by atoms with Crippen LogP contribution in [0.5, 0.6) is 0 Å². The molecule has 0 aromatic carbocycles. The van der Waals surface area contributed by atoms with Gasteiger partial charge in [0.25, 0.3) is 0 Å². The van der Waals surface area contributed by atoms with Crippen LogP contribution in [0.25, 0.3) is 0 Å². The summed E-state index contributed by atoms with van der Waals surface area (Å²) in [7, 11) is 0. The average Bonchev–Trinajstić information content (AvgIpc) is 2.85. The predicted octanol–water partition coefficient (Wildman–Crippen LogP) is 12.1. The first-order valence-electron chi connectivity index (χ1n) is 13.2. The molecule has 0 aromatic rings. The van der Waals surface area contributed by atoms with E-state index in [-0.39, 0.29) is 0 Å². The fraction of sp³-hybridized carbons (Fsp3) is 1.00. The quantitative estimate of drug-likeness (QED) is 0.0949. The van der Waals surface area contributed by atoms with Gasteiger partial charge in [0.1, 0.15) is 0 Å². The summed E-state index contributed by atoms with van der Waals surface area (Å²) in [6.07, 6.45) is -22.9. The van der Waals surface area contributed by atoms with Crippen LogP contribution in [0, 0.1) is 0 Å². The number of hydrogen-bond donors (Lipinski definition) is 0. The zero-order valence-electron chi connectivity index (χ0n) is 25.5. The van der Waals surface area contributed by atoms with E-state index in [0.717, 1.165) is 0 Å².